The van der Waals surface area contributed by atoms with Gasteiger partial charge in [0, 0.05) is 34.2 Å². The van der Waals surface area contributed by atoms with E-state index < -0.39 is 16.8 Å². The van der Waals surface area contributed by atoms with E-state index >= 15 is 0 Å². The van der Waals surface area contributed by atoms with Crippen LogP contribution >= 0.6 is 11.8 Å². The molecule has 20 heavy (non-hydrogen) atoms. The van der Waals surface area contributed by atoms with Gasteiger partial charge < -0.3 is 9.84 Å². The molecule has 2 saturated heterocycles. The summed E-state index contributed by atoms with van der Waals surface area (Å²) >= 11 is 1.93. The molecule has 1 spiro atoms. The summed E-state index contributed by atoms with van der Waals surface area (Å²) in [5.41, 5.74) is -0.195. The number of carboxylic acid groups (broad SMARTS) is 1. The quantitative estimate of drug-likeness (QED) is 0.840. The van der Waals surface area contributed by atoms with E-state index in [-0.39, 0.29) is 22.7 Å². The van der Waals surface area contributed by atoms with Crippen LogP contribution in [0.3, 0.4) is 0 Å². The highest BCUT2D eigenvalue weighted by Crippen LogP contribution is 2.50. The molecule has 3 aliphatic rings. The molecule has 3 atom stereocenters. The molecule has 0 aromatic heterocycles. The number of carboxylic acids is 1. The zero-order valence-corrected chi connectivity index (χ0v) is 13.3. The van der Waals surface area contributed by atoms with E-state index in [1.807, 2.05) is 11.8 Å². The number of thioether (sulfide) groups is 1. The Hall–Kier alpha value is -0.0700. The molecule has 1 aliphatic carbocycles. The van der Waals surface area contributed by atoms with E-state index in [2.05, 4.69) is 0 Å². The molecule has 0 bridgehead atoms. The topological polar surface area (TPSA) is 63.6 Å². The van der Waals surface area contributed by atoms with E-state index in [9.17, 15) is 9.00 Å². The first-order valence-electron chi connectivity index (χ1n) is 7.33. The molecule has 0 radical (unpaired) electrons. The summed E-state index contributed by atoms with van der Waals surface area (Å²) < 4.78 is 18.6. The molecule has 0 amide bonds. The zero-order valence-electron chi connectivity index (χ0n) is 11.6. The van der Waals surface area contributed by atoms with Crippen molar-refractivity contribution in [2.24, 2.45) is 5.41 Å². The van der Waals surface area contributed by atoms with Gasteiger partial charge in [-0.2, -0.15) is 11.8 Å². The molecule has 2 heterocycles. The van der Waals surface area contributed by atoms with Crippen LogP contribution in [0.4, 0.5) is 0 Å². The number of carbonyl (C=O) groups is 1. The molecule has 2 aliphatic heterocycles. The SMILES string of the molecule is O=C(O)CC1(CS(=O)C2CCOC3(CCSC3)C2)CC1. The van der Waals surface area contributed by atoms with E-state index in [4.69, 9.17) is 9.84 Å². The lowest BCUT2D eigenvalue weighted by atomic mass is 9.93. The molecular weight excluding hydrogens is 296 g/mol. The first kappa shape index (κ1) is 14.9. The highest BCUT2D eigenvalue weighted by Gasteiger charge is 2.48. The fourth-order valence-electron chi connectivity index (χ4n) is 3.36. The van der Waals surface area contributed by atoms with E-state index in [0.29, 0.717) is 12.4 Å². The summed E-state index contributed by atoms with van der Waals surface area (Å²) in [6.45, 7) is 0.711. The number of ether oxygens (including phenoxy) is 1. The molecule has 6 heteroatoms. The third-order valence-electron chi connectivity index (χ3n) is 4.82. The molecule has 0 aromatic carbocycles. The molecule has 1 saturated carbocycles. The number of hydrogen-bond acceptors (Lipinski definition) is 4. The van der Waals surface area contributed by atoms with Crippen molar-refractivity contribution < 1.29 is 18.8 Å². The predicted octanol–water partition coefficient (Wildman–Crippen LogP) is 2.04. The maximum atomic E-state index is 12.6. The maximum absolute atomic E-state index is 12.6. The molecule has 4 nitrogen and oxygen atoms in total. The van der Waals surface area contributed by atoms with Crippen LogP contribution in [0, 0.1) is 5.41 Å². The third kappa shape index (κ3) is 3.22. The van der Waals surface area contributed by atoms with Crippen LogP contribution < -0.4 is 0 Å². The van der Waals surface area contributed by atoms with Crippen molar-refractivity contribution in [3.63, 3.8) is 0 Å². The van der Waals surface area contributed by atoms with Crippen molar-refractivity contribution >= 4 is 28.5 Å². The van der Waals surface area contributed by atoms with Gasteiger partial charge in [0.15, 0.2) is 0 Å². The van der Waals surface area contributed by atoms with Crippen molar-refractivity contribution in [1.29, 1.82) is 0 Å². The normalized spacial score (nSPS) is 36.9. The van der Waals surface area contributed by atoms with Gasteiger partial charge >= 0.3 is 5.97 Å². The summed E-state index contributed by atoms with van der Waals surface area (Å²) in [5.74, 6) is 1.99. The van der Waals surface area contributed by atoms with Gasteiger partial charge in [0.1, 0.15) is 0 Å². The van der Waals surface area contributed by atoms with Crippen molar-refractivity contribution in [2.45, 2.75) is 49.4 Å². The summed E-state index contributed by atoms with van der Waals surface area (Å²) in [4.78, 5) is 10.9. The van der Waals surface area contributed by atoms with Gasteiger partial charge in [-0.1, -0.05) is 0 Å². The van der Waals surface area contributed by atoms with Gasteiger partial charge in [-0.15, -0.1) is 0 Å². The molecule has 0 aromatic rings. The first-order valence-corrected chi connectivity index (χ1v) is 9.87. The van der Waals surface area contributed by atoms with Crippen LogP contribution in [0.15, 0.2) is 0 Å². The van der Waals surface area contributed by atoms with Crippen LogP contribution in [0.5, 0.6) is 0 Å². The first-order chi connectivity index (χ1) is 9.53. The fourth-order valence-corrected chi connectivity index (χ4v) is 6.82. The Labute approximate surface area is 126 Å². The second-order valence-corrected chi connectivity index (χ2v) is 9.37. The second kappa shape index (κ2) is 5.61. The number of rotatable bonds is 5. The van der Waals surface area contributed by atoms with Crippen LogP contribution in [-0.4, -0.2) is 50.0 Å². The predicted molar refractivity (Wildman–Crippen MR) is 80.6 cm³/mol. The highest BCUT2D eigenvalue weighted by atomic mass is 32.2. The van der Waals surface area contributed by atoms with E-state index in [1.54, 1.807) is 0 Å². The molecule has 114 valence electrons. The minimum Gasteiger partial charge on any atom is -0.481 e. The average Bonchev–Trinajstić information content (AvgIpc) is 2.98. The summed E-state index contributed by atoms with van der Waals surface area (Å²) in [6.07, 6.45) is 4.87. The lowest BCUT2D eigenvalue weighted by Gasteiger charge is -2.37. The third-order valence-corrected chi connectivity index (χ3v) is 8.08. The Bertz CT molecular complexity index is 413. The Balaban J connectivity index is 1.58. The zero-order chi connectivity index (χ0) is 14.2. The Morgan fingerprint density at radius 2 is 2.20 bits per heavy atom. The summed E-state index contributed by atoms with van der Waals surface area (Å²) in [5, 5.41) is 9.16. The Morgan fingerprint density at radius 1 is 1.40 bits per heavy atom. The molecular formula is C14H22O4S2. The largest absolute Gasteiger partial charge is 0.481 e. The smallest absolute Gasteiger partial charge is 0.303 e. The molecule has 3 fully saturated rings. The molecule has 3 rings (SSSR count). The summed E-state index contributed by atoms with van der Waals surface area (Å²) in [6, 6.07) is 0. The van der Waals surface area contributed by atoms with Crippen LogP contribution in [0.1, 0.15) is 38.5 Å². The van der Waals surface area contributed by atoms with Crippen LogP contribution in [0.25, 0.3) is 0 Å². The second-order valence-electron chi connectivity index (χ2n) is 6.54. The van der Waals surface area contributed by atoms with Crippen LogP contribution in [0.2, 0.25) is 0 Å². The minimum atomic E-state index is -0.904. The van der Waals surface area contributed by atoms with Gasteiger partial charge in [0.2, 0.25) is 0 Å². The van der Waals surface area contributed by atoms with Gasteiger partial charge in [-0.25, -0.2) is 0 Å². The van der Waals surface area contributed by atoms with Gasteiger partial charge in [-0.3, -0.25) is 9.00 Å². The van der Waals surface area contributed by atoms with Crippen molar-refractivity contribution in [3.05, 3.63) is 0 Å². The van der Waals surface area contributed by atoms with E-state index in [1.165, 1.54) is 0 Å². The number of aliphatic carboxylic acids is 1. The van der Waals surface area contributed by atoms with Crippen molar-refractivity contribution in [1.82, 2.24) is 0 Å². The minimum absolute atomic E-state index is 0.0350. The highest BCUT2D eigenvalue weighted by molar-refractivity contribution is 7.99. The van der Waals surface area contributed by atoms with Gasteiger partial charge in [0.25, 0.3) is 0 Å². The monoisotopic (exact) mass is 318 g/mol. The van der Waals surface area contributed by atoms with Crippen molar-refractivity contribution in [3.8, 4) is 0 Å². The summed E-state index contributed by atoms with van der Waals surface area (Å²) in [7, 11) is -0.904. The van der Waals surface area contributed by atoms with Gasteiger partial charge in [0.05, 0.1) is 12.0 Å². The Kier molecular flexibility index (Phi) is 4.17. The molecule has 3 unspecified atom stereocenters. The standard InChI is InChI=1S/C14H22O4S2/c15-12(16)8-13(2-3-13)10-20(17)11-1-5-18-14(7-11)4-6-19-9-14/h11H,1-10H2,(H,15,16). The Morgan fingerprint density at radius 3 is 2.80 bits per heavy atom. The van der Waals surface area contributed by atoms with Gasteiger partial charge in [-0.05, 0) is 43.3 Å². The lowest BCUT2D eigenvalue weighted by molar-refractivity contribution is -0.138. The van der Waals surface area contributed by atoms with Crippen LogP contribution in [-0.2, 0) is 20.3 Å². The number of hydrogen-bond donors (Lipinski definition) is 1. The fraction of sp³-hybridized carbons (Fsp3) is 0.929. The lowest BCUT2D eigenvalue weighted by Crippen LogP contribution is -2.44. The maximum Gasteiger partial charge on any atom is 0.303 e. The molecule has 1 N–H and O–H groups in total. The average molecular weight is 318 g/mol. The van der Waals surface area contributed by atoms with Crippen molar-refractivity contribution in [2.75, 3.05) is 23.9 Å². The van der Waals surface area contributed by atoms with E-state index in [0.717, 1.165) is 43.6 Å².